The number of nitrogen functional groups attached to an aromatic ring is 1. The van der Waals surface area contributed by atoms with Gasteiger partial charge in [0.1, 0.15) is 0 Å². The molecule has 0 aliphatic rings. The Bertz CT molecular complexity index is 503. The van der Waals surface area contributed by atoms with E-state index >= 15 is 0 Å². The molecule has 0 fully saturated rings. The van der Waals surface area contributed by atoms with Gasteiger partial charge in [-0.1, -0.05) is 17.7 Å². The number of benzene rings is 1. The third kappa shape index (κ3) is 4.42. The second-order valence-electron chi connectivity index (χ2n) is 5.66. The van der Waals surface area contributed by atoms with Gasteiger partial charge < -0.3 is 16.0 Å². The molecule has 0 bridgehead atoms. The number of rotatable bonds is 3. The first-order valence-corrected chi connectivity index (χ1v) is 6.60. The number of nitrogens with zero attached hydrogens (tertiary/aromatic N) is 1. The summed E-state index contributed by atoms with van der Waals surface area (Å²) in [5, 5.41) is 3.06. The van der Waals surface area contributed by atoms with Crippen molar-refractivity contribution in [2.45, 2.75) is 26.3 Å². The number of carbonyl (C=O) groups is 2. The van der Waals surface area contributed by atoms with Crippen molar-refractivity contribution in [3.05, 3.63) is 28.8 Å². The topological polar surface area (TPSA) is 75.4 Å². The number of halogens is 1. The van der Waals surface area contributed by atoms with Crippen molar-refractivity contribution in [3.8, 4) is 0 Å². The lowest BCUT2D eigenvalue weighted by Gasteiger charge is -2.24. The van der Waals surface area contributed by atoms with Gasteiger partial charge in [0.05, 0.1) is 17.1 Å². The normalized spacial score (nSPS) is 11.1. The summed E-state index contributed by atoms with van der Waals surface area (Å²) in [6.45, 7) is 5.57. The van der Waals surface area contributed by atoms with Gasteiger partial charge in [-0.2, -0.15) is 0 Å². The molecule has 1 rings (SSSR count). The standard InChI is InChI=1S/C14H20ClN3O2/c1-14(2,3)17-11(19)8-18(4)13(20)12-9(15)6-5-7-10(12)16/h5-7H,8,16H2,1-4H3,(H,17,19). The van der Waals surface area contributed by atoms with Crippen LogP contribution < -0.4 is 11.1 Å². The molecule has 20 heavy (non-hydrogen) atoms. The molecule has 1 aromatic carbocycles. The minimum atomic E-state index is -0.378. The van der Waals surface area contributed by atoms with E-state index in [0.717, 1.165) is 0 Å². The Hall–Kier alpha value is -1.75. The van der Waals surface area contributed by atoms with E-state index in [2.05, 4.69) is 5.32 Å². The Morgan fingerprint density at radius 3 is 2.45 bits per heavy atom. The van der Waals surface area contributed by atoms with E-state index in [1.165, 1.54) is 11.9 Å². The molecule has 0 aromatic heterocycles. The van der Waals surface area contributed by atoms with Crippen molar-refractivity contribution >= 4 is 29.1 Å². The van der Waals surface area contributed by atoms with Gasteiger partial charge in [0, 0.05) is 18.3 Å². The molecule has 0 unspecified atom stereocenters. The van der Waals surface area contributed by atoms with Gasteiger partial charge in [0.25, 0.3) is 5.91 Å². The Kier molecular flexibility index (Phi) is 5.00. The largest absolute Gasteiger partial charge is 0.398 e. The van der Waals surface area contributed by atoms with Gasteiger partial charge in [-0.3, -0.25) is 9.59 Å². The summed E-state index contributed by atoms with van der Waals surface area (Å²) < 4.78 is 0. The number of nitrogens with two attached hydrogens (primary N) is 1. The number of hydrogen-bond donors (Lipinski definition) is 2. The highest BCUT2D eigenvalue weighted by molar-refractivity contribution is 6.34. The molecule has 0 radical (unpaired) electrons. The lowest BCUT2D eigenvalue weighted by molar-refractivity contribution is -0.122. The fraction of sp³-hybridized carbons (Fsp3) is 0.429. The quantitative estimate of drug-likeness (QED) is 0.837. The van der Waals surface area contributed by atoms with Crippen molar-refractivity contribution in [2.75, 3.05) is 19.3 Å². The Balaban J connectivity index is 2.80. The molecule has 0 heterocycles. The first-order valence-electron chi connectivity index (χ1n) is 6.22. The monoisotopic (exact) mass is 297 g/mol. The maximum absolute atomic E-state index is 12.3. The van der Waals surface area contributed by atoms with Gasteiger partial charge in [0.15, 0.2) is 0 Å². The van der Waals surface area contributed by atoms with Crippen molar-refractivity contribution in [2.24, 2.45) is 0 Å². The van der Waals surface area contributed by atoms with Crippen LogP contribution in [0.3, 0.4) is 0 Å². The van der Waals surface area contributed by atoms with Crippen LogP contribution in [0.1, 0.15) is 31.1 Å². The van der Waals surface area contributed by atoms with E-state index in [9.17, 15) is 9.59 Å². The van der Waals surface area contributed by atoms with E-state index in [-0.39, 0.29) is 34.5 Å². The van der Waals surface area contributed by atoms with Crippen molar-refractivity contribution < 1.29 is 9.59 Å². The maximum Gasteiger partial charge on any atom is 0.257 e. The van der Waals surface area contributed by atoms with Gasteiger partial charge in [-0.05, 0) is 32.9 Å². The van der Waals surface area contributed by atoms with E-state index in [1.54, 1.807) is 18.2 Å². The molecule has 2 amide bonds. The minimum Gasteiger partial charge on any atom is -0.398 e. The van der Waals surface area contributed by atoms with Crippen LogP contribution in [0.2, 0.25) is 5.02 Å². The first kappa shape index (κ1) is 16.3. The third-order valence-corrected chi connectivity index (χ3v) is 2.82. The number of hydrogen-bond acceptors (Lipinski definition) is 3. The van der Waals surface area contributed by atoms with Crippen molar-refractivity contribution in [1.29, 1.82) is 0 Å². The number of nitrogens with one attached hydrogen (secondary N) is 1. The summed E-state index contributed by atoms with van der Waals surface area (Å²) in [6, 6.07) is 4.86. The summed E-state index contributed by atoms with van der Waals surface area (Å²) >= 11 is 5.98. The predicted molar refractivity (Wildman–Crippen MR) is 80.7 cm³/mol. The van der Waals surface area contributed by atoms with Crippen LogP contribution in [0, 0.1) is 0 Å². The van der Waals surface area contributed by atoms with Crippen LogP contribution in [-0.4, -0.2) is 35.8 Å². The molecule has 110 valence electrons. The zero-order valence-electron chi connectivity index (χ0n) is 12.2. The SMILES string of the molecule is CN(CC(=O)NC(C)(C)C)C(=O)c1c(N)cccc1Cl. The van der Waals surface area contributed by atoms with Crippen molar-refractivity contribution in [3.63, 3.8) is 0 Å². The first-order chi connectivity index (χ1) is 9.11. The highest BCUT2D eigenvalue weighted by atomic mass is 35.5. The average molecular weight is 298 g/mol. The molecule has 3 N–H and O–H groups in total. The summed E-state index contributed by atoms with van der Waals surface area (Å²) in [7, 11) is 1.54. The number of carbonyl (C=O) groups excluding carboxylic acids is 2. The molecule has 0 spiro atoms. The zero-order chi connectivity index (χ0) is 15.5. The molecule has 0 aliphatic heterocycles. The summed E-state index contributed by atoms with van der Waals surface area (Å²) in [5.74, 6) is -0.615. The minimum absolute atomic E-state index is 0.0548. The van der Waals surface area contributed by atoms with Crippen LogP contribution >= 0.6 is 11.6 Å². The second kappa shape index (κ2) is 6.13. The molecular weight excluding hydrogens is 278 g/mol. The Morgan fingerprint density at radius 2 is 1.95 bits per heavy atom. The van der Waals surface area contributed by atoms with E-state index in [1.807, 2.05) is 20.8 Å². The van der Waals surface area contributed by atoms with Gasteiger partial charge >= 0.3 is 0 Å². The lowest BCUT2D eigenvalue weighted by Crippen LogP contribution is -2.46. The number of likely N-dealkylation sites (N-methyl/N-ethyl adjacent to an activating group) is 1. The molecule has 0 saturated heterocycles. The highest BCUT2D eigenvalue weighted by Gasteiger charge is 2.21. The molecule has 0 aliphatic carbocycles. The van der Waals surface area contributed by atoms with Crippen LogP contribution in [0.15, 0.2) is 18.2 Å². The second-order valence-corrected chi connectivity index (χ2v) is 6.07. The summed E-state index contributed by atoms with van der Waals surface area (Å²) in [5.41, 5.74) is 5.94. The van der Waals surface area contributed by atoms with E-state index in [0.29, 0.717) is 5.69 Å². The van der Waals surface area contributed by atoms with E-state index < -0.39 is 0 Å². The molecule has 0 saturated carbocycles. The fourth-order valence-electron chi connectivity index (χ4n) is 1.70. The van der Waals surface area contributed by atoms with Crippen LogP contribution in [0.25, 0.3) is 0 Å². The third-order valence-electron chi connectivity index (χ3n) is 2.50. The summed E-state index contributed by atoms with van der Waals surface area (Å²) in [4.78, 5) is 25.4. The van der Waals surface area contributed by atoms with Gasteiger partial charge in [-0.25, -0.2) is 0 Å². The highest BCUT2D eigenvalue weighted by Crippen LogP contribution is 2.23. The summed E-state index contributed by atoms with van der Waals surface area (Å²) in [6.07, 6.45) is 0. The number of anilines is 1. The maximum atomic E-state index is 12.3. The van der Waals surface area contributed by atoms with Crippen LogP contribution in [0.5, 0.6) is 0 Å². The molecule has 5 nitrogen and oxygen atoms in total. The van der Waals surface area contributed by atoms with Gasteiger partial charge in [0.2, 0.25) is 5.91 Å². The van der Waals surface area contributed by atoms with Gasteiger partial charge in [-0.15, -0.1) is 0 Å². The predicted octanol–water partition coefficient (Wildman–Crippen LogP) is 1.91. The Morgan fingerprint density at radius 1 is 1.35 bits per heavy atom. The fourth-order valence-corrected chi connectivity index (χ4v) is 1.96. The molecule has 1 aromatic rings. The smallest absolute Gasteiger partial charge is 0.257 e. The zero-order valence-corrected chi connectivity index (χ0v) is 12.9. The molecular formula is C14H20ClN3O2. The lowest BCUT2D eigenvalue weighted by atomic mass is 10.1. The molecule has 0 atom stereocenters. The average Bonchev–Trinajstić information content (AvgIpc) is 2.25. The van der Waals surface area contributed by atoms with E-state index in [4.69, 9.17) is 17.3 Å². The van der Waals surface area contributed by atoms with Crippen LogP contribution in [-0.2, 0) is 4.79 Å². The van der Waals surface area contributed by atoms with Crippen molar-refractivity contribution in [1.82, 2.24) is 10.2 Å². The Labute approximate surface area is 124 Å². The molecule has 6 heteroatoms. The number of amides is 2. The van der Waals surface area contributed by atoms with Crippen LogP contribution in [0.4, 0.5) is 5.69 Å².